The molecule has 170 valence electrons. The monoisotopic (exact) mass is 454 g/mol. The number of carbonyl (C=O) groups is 2. The molecule has 0 aliphatic carbocycles. The van der Waals surface area contributed by atoms with Gasteiger partial charge in [-0.2, -0.15) is 0 Å². The molecule has 8 nitrogen and oxygen atoms in total. The van der Waals surface area contributed by atoms with Gasteiger partial charge in [0.25, 0.3) is 5.91 Å². The predicted molar refractivity (Wildman–Crippen MR) is 126 cm³/mol. The molecular formula is C26H22N4O4. The molecular weight excluding hydrogens is 432 g/mol. The van der Waals surface area contributed by atoms with Crippen LogP contribution in [0.2, 0.25) is 0 Å². The van der Waals surface area contributed by atoms with Crippen LogP contribution < -0.4 is 14.8 Å². The number of esters is 1. The lowest BCUT2D eigenvalue weighted by Crippen LogP contribution is -2.31. The SMILES string of the molecule is CCOc1cc(-c2nccc(-c3cc4c([nH]3)CCNC4=O)n2)ccc1OC(=O)c1ccccc1. The molecule has 1 aliphatic rings. The normalized spacial score (nSPS) is 12.6. The van der Waals surface area contributed by atoms with E-state index in [-0.39, 0.29) is 5.91 Å². The van der Waals surface area contributed by atoms with Crippen molar-refractivity contribution in [3.05, 3.63) is 83.7 Å². The van der Waals surface area contributed by atoms with Crippen LogP contribution in [0.25, 0.3) is 22.8 Å². The number of rotatable bonds is 6. The number of aromatic nitrogens is 3. The molecule has 2 aromatic heterocycles. The van der Waals surface area contributed by atoms with Crippen molar-refractivity contribution in [2.45, 2.75) is 13.3 Å². The number of H-pyrrole nitrogens is 1. The van der Waals surface area contributed by atoms with E-state index in [9.17, 15) is 9.59 Å². The summed E-state index contributed by atoms with van der Waals surface area (Å²) in [6.07, 6.45) is 2.42. The Hall–Kier alpha value is -4.46. The van der Waals surface area contributed by atoms with Gasteiger partial charge in [0.05, 0.1) is 29.1 Å². The topological polar surface area (TPSA) is 106 Å². The smallest absolute Gasteiger partial charge is 0.343 e. The minimum absolute atomic E-state index is 0.0833. The number of hydrogen-bond acceptors (Lipinski definition) is 6. The van der Waals surface area contributed by atoms with E-state index in [0.717, 1.165) is 17.8 Å². The third-order valence-corrected chi connectivity index (χ3v) is 5.45. The average molecular weight is 454 g/mol. The number of nitrogens with zero attached hydrogens (tertiary/aromatic N) is 2. The molecule has 0 spiro atoms. The van der Waals surface area contributed by atoms with Gasteiger partial charge >= 0.3 is 5.97 Å². The van der Waals surface area contributed by atoms with Gasteiger partial charge in [-0.25, -0.2) is 14.8 Å². The summed E-state index contributed by atoms with van der Waals surface area (Å²) in [7, 11) is 0. The number of benzene rings is 2. The van der Waals surface area contributed by atoms with E-state index in [2.05, 4.69) is 20.3 Å². The Morgan fingerprint density at radius 1 is 1.06 bits per heavy atom. The Bertz CT molecular complexity index is 1360. The summed E-state index contributed by atoms with van der Waals surface area (Å²) in [4.78, 5) is 37.0. The van der Waals surface area contributed by atoms with E-state index >= 15 is 0 Å². The quantitative estimate of drug-likeness (QED) is 0.336. The number of fused-ring (bicyclic) bond motifs is 1. The summed E-state index contributed by atoms with van der Waals surface area (Å²) in [5.41, 5.74) is 4.13. The molecule has 2 aromatic carbocycles. The van der Waals surface area contributed by atoms with Crippen LogP contribution in [0.3, 0.4) is 0 Å². The molecule has 2 N–H and O–H groups in total. The zero-order valence-electron chi connectivity index (χ0n) is 18.5. The number of hydrogen-bond donors (Lipinski definition) is 2. The first kappa shape index (κ1) is 21.4. The zero-order chi connectivity index (χ0) is 23.5. The molecule has 8 heteroatoms. The fourth-order valence-corrected chi connectivity index (χ4v) is 3.81. The van der Waals surface area contributed by atoms with Crippen molar-refractivity contribution in [3.8, 4) is 34.3 Å². The Morgan fingerprint density at radius 2 is 1.91 bits per heavy atom. The van der Waals surface area contributed by atoms with Crippen LogP contribution in [0.1, 0.15) is 33.3 Å². The number of amides is 1. The minimum Gasteiger partial charge on any atom is -0.490 e. The van der Waals surface area contributed by atoms with Crippen LogP contribution in [0.4, 0.5) is 0 Å². The molecule has 0 atom stereocenters. The largest absolute Gasteiger partial charge is 0.490 e. The lowest BCUT2D eigenvalue weighted by Gasteiger charge is -2.12. The van der Waals surface area contributed by atoms with E-state index in [4.69, 9.17) is 9.47 Å². The minimum atomic E-state index is -0.465. The Kier molecular flexibility index (Phi) is 5.78. The highest BCUT2D eigenvalue weighted by atomic mass is 16.6. The zero-order valence-corrected chi connectivity index (χ0v) is 18.5. The van der Waals surface area contributed by atoms with Gasteiger partial charge in [0, 0.05) is 30.4 Å². The van der Waals surface area contributed by atoms with Gasteiger partial charge in [-0.1, -0.05) is 18.2 Å². The summed E-state index contributed by atoms with van der Waals surface area (Å²) < 4.78 is 11.3. The number of nitrogens with one attached hydrogen (secondary N) is 2. The summed E-state index contributed by atoms with van der Waals surface area (Å²) in [5.74, 6) is 0.674. The fraction of sp³-hybridized carbons (Fsp3) is 0.154. The summed E-state index contributed by atoms with van der Waals surface area (Å²) in [5, 5.41) is 2.85. The molecule has 0 saturated heterocycles. The molecule has 0 radical (unpaired) electrons. The first-order valence-corrected chi connectivity index (χ1v) is 11.0. The van der Waals surface area contributed by atoms with E-state index in [1.54, 1.807) is 54.7 Å². The Balaban J connectivity index is 1.44. The first-order chi connectivity index (χ1) is 16.6. The molecule has 3 heterocycles. The van der Waals surface area contributed by atoms with E-state index in [1.807, 2.05) is 19.1 Å². The van der Waals surface area contributed by atoms with Crippen molar-refractivity contribution >= 4 is 11.9 Å². The highest BCUT2D eigenvalue weighted by molar-refractivity contribution is 5.97. The summed E-state index contributed by atoms with van der Waals surface area (Å²) >= 11 is 0. The number of ether oxygens (including phenoxy) is 2. The van der Waals surface area contributed by atoms with Gasteiger partial charge in [-0.15, -0.1) is 0 Å². The lowest BCUT2D eigenvalue weighted by atomic mass is 10.1. The third kappa shape index (κ3) is 4.25. The molecule has 1 amide bonds. The molecule has 1 aliphatic heterocycles. The van der Waals surface area contributed by atoms with Crippen molar-refractivity contribution in [3.63, 3.8) is 0 Å². The maximum atomic E-state index is 12.5. The fourth-order valence-electron chi connectivity index (χ4n) is 3.81. The van der Waals surface area contributed by atoms with Gasteiger partial charge in [0.1, 0.15) is 0 Å². The molecule has 4 aromatic rings. The van der Waals surface area contributed by atoms with Crippen LogP contribution in [0, 0.1) is 0 Å². The number of carbonyl (C=O) groups excluding carboxylic acids is 2. The highest BCUT2D eigenvalue weighted by Crippen LogP contribution is 2.33. The Labute approximate surface area is 196 Å². The van der Waals surface area contributed by atoms with E-state index in [1.165, 1.54) is 0 Å². The standard InChI is InChI=1S/C26H22N4O4/c1-2-33-23-14-17(8-9-22(23)34-26(32)16-6-4-3-5-7-16)24-27-12-11-20(30-24)21-15-18-19(29-21)10-13-28-25(18)31/h3-9,11-12,14-15,29H,2,10,13H2,1H3,(H,28,31). The van der Waals surface area contributed by atoms with Crippen molar-refractivity contribution in [1.82, 2.24) is 20.3 Å². The van der Waals surface area contributed by atoms with Crippen molar-refractivity contribution < 1.29 is 19.1 Å². The van der Waals surface area contributed by atoms with Gasteiger partial charge in [0.2, 0.25) is 0 Å². The first-order valence-electron chi connectivity index (χ1n) is 11.0. The molecule has 5 rings (SSSR count). The van der Waals surface area contributed by atoms with Gasteiger partial charge < -0.3 is 19.8 Å². The van der Waals surface area contributed by atoms with Crippen molar-refractivity contribution in [2.24, 2.45) is 0 Å². The molecule has 34 heavy (non-hydrogen) atoms. The molecule has 0 bridgehead atoms. The maximum absolute atomic E-state index is 12.5. The maximum Gasteiger partial charge on any atom is 0.343 e. The van der Waals surface area contributed by atoms with Crippen molar-refractivity contribution in [1.29, 1.82) is 0 Å². The second kappa shape index (κ2) is 9.19. The van der Waals surface area contributed by atoms with Crippen LogP contribution in [0.15, 0.2) is 66.9 Å². The van der Waals surface area contributed by atoms with Crippen LogP contribution >= 0.6 is 0 Å². The molecule has 0 unspecified atom stereocenters. The van der Waals surface area contributed by atoms with Gasteiger partial charge in [0.15, 0.2) is 17.3 Å². The van der Waals surface area contributed by atoms with Crippen molar-refractivity contribution in [2.75, 3.05) is 13.2 Å². The van der Waals surface area contributed by atoms with E-state index in [0.29, 0.717) is 52.9 Å². The Morgan fingerprint density at radius 3 is 2.71 bits per heavy atom. The predicted octanol–water partition coefficient (Wildman–Crippen LogP) is 4.04. The molecule has 0 saturated carbocycles. The van der Waals surface area contributed by atoms with Gasteiger partial charge in [-0.05, 0) is 49.4 Å². The summed E-state index contributed by atoms with van der Waals surface area (Å²) in [6, 6.07) is 17.6. The number of aromatic amines is 1. The highest BCUT2D eigenvalue weighted by Gasteiger charge is 2.21. The average Bonchev–Trinajstić information content (AvgIpc) is 3.32. The van der Waals surface area contributed by atoms with Crippen LogP contribution in [-0.2, 0) is 6.42 Å². The lowest BCUT2D eigenvalue weighted by molar-refractivity contribution is 0.0728. The van der Waals surface area contributed by atoms with E-state index < -0.39 is 5.97 Å². The second-order valence-electron chi connectivity index (χ2n) is 7.70. The second-order valence-corrected chi connectivity index (χ2v) is 7.70. The van der Waals surface area contributed by atoms with Crippen LogP contribution in [-0.4, -0.2) is 40.0 Å². The molecule has 0 fully saturated rings. The summed E-state index contributed by atoms with van der Waals surface area (Å²) in [6.45, 7) is 2.87. The van der Waals surface area contributed by atoms with Gasteiger partial charge in [-0.3, -0.25) is 4.79 Å². The third-order valence-electron chi connectivity index (χ3n) is 5.45. The van der Waals surface area contributed by atoms with Crippen LogP contribution in [0.5, 0.6) is 11.5 Å².